The zero-order valence-corrected chi connectivity index (χ0v) is 17.6. The molecule has 0 N–H and O–H groups in total. The summed E-state index contributed by atoms with van der Waals surface area (Å²) in [6.07, 6.45) is 6.66. The van der Waals surface area contributed by atoms with Crippen molar-refractivity contribution in [2.24, 2.45) is 0 Å². The van der Waals surface area contributed by atoms with Gasteiger partial charge >= 0.3 is 11.9 Å². The van der Waals surface area contributed by atoms with Crippen LogP contribution in [0, 0.1) is 11.8 Å². The standard InChI is InChI=1S/C26H30O4/c1-2-3-4-5-12-19-24(30-26(28)23-17-10-7-11-18-23)20-13-14-21-29-25(27)22-15-8-6-9-16-22/h6-11,15-18,24H,2-5,12,19-21H2,1H3. The van der Waals surface area contributed by atoms with E-state index in [9.17, 15) is 9.59 Å². The van der Waals surface area contributed by atoms with Crippen LogP contribution in [0.1, 0.15) is 72.6 Å². The molecule has 4 nitrogen and oxygen atoms in total. The van der Waals surface area contributed by atoms with Crippen molar-refractivity contribution in [3.63, 3.8) is 0 Å². The van der Waals surface area contributed by atoms with Crippen LogP contribution in [0.25, 0.3) is 0 Å². The van der Waals surface area contributed by atoms with Crippen LogP contribution in [0.5, 0.6) is 0 Å². The van der Waals surface area contributed by atoms with Gasteiger partial charge in [-0.25, -0.2) is 9.59 Å². The Bertz CT molecular complexity index is 818. The maximum absolute atomic E-state index is 12.4. The average Bonchev–Trinajstić information content (AvgIpc) is 2.79. The van der Waals surface area contributed by atoms with E-state index in [0.29, 0.717) is 17.5 Å². The van der Waals surface area contributed by atoms with Crippen LogP contribution in [0.3, 0.4) is 0 Å². The highest BCUT2D eigenvalue weighted by molar-refractivity contribution is 5.89. The largest absolute Gasteiger partial charge is 0.458 e. The quantitative estimate of drug-likeness (QED) is 0.268. The Balaban J connectivity index is 1.83. The van der Waals surface area contributed by atoms with E-state index < -0.39 is 5.97 Å². The van der Waals surface area contributed by atoms with Crippen molar-refractivity contribution in [1.82, 2.24) is 0 Å². The number of esters is 2. The molecule has 158 valence electrons. The van der Waals surface area contributed by atoms with Crippen molar-refractivity contribution in [3.8, 4) is 11.8 Å². The molecule has 1 atom stereocenters. The monoisotopic (exact) mass is 406 g/mol. The summed E-state index contributed by atoms with van der Waals surface area (Å²) in [5, 5.41) is 0. The predicted octanol–water partition coefficient (Wildman–Crippen LogP) is 5.82. The number of unbranched alkanes of at least 4 members (excludes halogenated alkanes) is 4. The fraction of sp³-hybridized carbons (Fsp3) is 0.385. The van der Waals surface area contributed by atoms with Crippen LogP contribution in [0.4, 0.5) is 0 Å². The van der Waals surface area contributed by atoms with E-state index in [0.717, 1.165) is 19.3 Å². The zero-order valence-electron chi connectivity index (χ0n) is 17.6. The van der Waals surface area contributed by atoms with Gasteiger partial charge in [0.05, 0.1) is 11.1 Å². The number of hydrogen-bond donors (Lipinski definition) is 0. The maximum atomic E-state index is 12.4. The summed E-state index contributed by atoms with van der Waals surface area (Å²) in [4.78, 5) is 24.3. The molecule has 0 fully saturated rings. The van der Waals surface area contributed by atoms with Gasteiger partial charge in [0, 0.05) is 6.42 Å². The Labute approximate surface area is 179 Å². The summed E-state index contributed by atoms with van der Waals surface area (Å²) >= 11 is 0. The molecule has 0 saturated carbocycles. The average molecular weight is 407 g/mol. The topological polar surface area (TPSA) is 52.6 Å². The lowest BCUT2D eigenvalue weighted by atomic mass is 10.1. The first-order valence-corrected chi connectivity index (χ1v) is 10.6. The molecule has 2 rings (SSSR count). The maximum Gasteiger partial charge on any atom is 0.339 e. The van der Waals surface area contributed by atoms with E-state index in [-0.39, 0.29) is 18.7 Å². The van der Waals surface area contributed by atoms with Gasteiger partial charge in [-0.05, 0) is 37.1 Å². The van der Waals surface area contributed by atoms with Gasteiger partial charge < -0.3 is 9.47 Å². The van der Waals surface area contributed by atoms with Crippen molar-refractivity contribution in [2.45, 2.75) is 58.0 Å². The molecule has 1 unspecified atom stereocenters. The highest BCUT2D eigenvalue weighted by Gasteiger charge is 2.15. The lowest BCUT2D eigenvalue weighted by molar-refractivity contribution is 0.0288. The molecular formula is C26H30O4. The van der Waals surface area contributed by atoms with Crippen LogP contribution in [0.2, 0.25) is 0 Å². The van der Waals surface area contributed by atoms with Crippen molar-refractivity contribution in [3.05, 3.63) is 71.8 Å². The van der Waals surface area contributed by atoms with Crippen LogP contribution >= 0.6 is 0 Å². The Kier molecular flexibility index (Phi) is 10.8. The van der Waals surface area contributed by atoms with Gasteiger partial charge in [-0.1, -0.05) is 80.8 Å². The molecule has 0 aliphatic carbocycles. The summed E-state index contributed by atoms with van der Waals surface area (Å²) in [5.74, 6) is 5.13. The Morgan fingerprint density at radius 3 is 2.03 bits per heavy atom. The second-order valence-electron chi connectivity index (χ2n) is 7.10. The highest BCUT2D eigenvalue weighted by atomic mass is 16.5. The number of carbonyl (C=O) groups excluding carboxylic acids is 2. The lowest BCUT2D eigenvalue weighted by Gasteiger charge is -2.15. The Morgan fingerprint density at radius 1 is 0.800 bits per heavy atom. The first kappa shape index (κ1) is 23.2. The minimum atomic E-state index is -0.395. The van der Waals surface area contributed by atoms with E-state index >= 15 is 0 Å². The van der Waals surface area contributed by atoms with Crippen LogP contribution in [0.15, 0.2) is 60.7 Å². The molecule has 0 aliphatic heterocycles. The van der Waals surface area contributed by atoms with Gasteiger partial charge in [0.25, 0.3) is 0 Å². The van der Waals surface area contributed by atoms with Gasteiger partial charge in [-0.3, -0.25) is 0 Å². The molecule has 2 aromatic rings. The fourth-order valence-electron chi connectivity index (χ4n) is 2.97. The van der Waals surface area contributed by atoms with E-state index in [1.807, 2.05) is 24.3 Å². The van der Waals surface area contributed by atoms with Crippen molar-refractivity contribution >= 4 is 11.9 Å². The number of carbonyl (C=O) groups is 2. The molecule has 0 radical (unpaired) electrons. The smallest absolute Gasteiger partial charge is 0.339 e. The fourth-order valence-corrected chi connectivity index (χ4v) is 2.97. The summed E-state index contributed by atoms with van der Waals surface area (Å²) in [6.45, 7) is 2.20. The predicted molar refractivity (Wildman–Crippen MR) is 118 cm³/mol. The van der Waals surface area contributed by atoms with Gasteiger partial charge in [0.2, 0.25) is 0 Å². The van der Waals surface area contributed by atoms with E-state index in [1.165, 1.54) is 19.3 Å². The summed E-state index contributed by atoms with van der Waals surface area (Å²) in [6, 6.07) is 17.8. The normalized spacial score (nSPS) is 11.1. The molecule has 0 aliphatic rings. The summed E-state index contributed by atoms with van der Waals surface area (Å²) in [7, 11) is 0. The molecule has 4 heteroatoms. The molecule has 0 amide bonds. The second-order valence-corrected chi connectivity index (χ2v) is 7.10. The van der Waals surface area contributed by atoms with E-state index in [2.05, 4.69) is 18.8 Å². The molecule has 0 bridgehead atoms. The van der Waals surface area contributed by atoms with E-state index in [1.54, 1.807) is 36.4 Å². The molecule has 0 heterocycles. The summed E-state index contributed by atoms with van der Waals surface area (Å²) < 4.78 is 10.9. The first-order valence-electron chi connectivity index (χ1n) is 10.6. The number of hydrogen-bond acceptors (Lipinski definition) is 4. The second kappa shape index (κ2) is 14.0. The minimum absolute atomic E-state index is 0.0174. The van der Waals surface area contributed by atoms with Crippen LogP contribution in [-0.2, 0) is 9.47 Å². The SMILES string of the molecule is CCCCCCCC(CC#CCOC(=O)c1ccccc1)OC(=O)c1ccccc1. The molecule has 2 aromatic carbocycles. The molecule has 0 aromatic heterocycles. The van der Waals surface area contributed by atoms with Crippen molar-refractivity contribution in [1.29, 1.82) is 0 Å². The first-order chi connectivity index (χ1) is 14.7. The lowest BCUT2D eigenvalue weighted by Crippen LogP contribution is -2.18. The third-order valence-corrected chi connectivity index (χ3v) is 4.65. The molecule has 0 saturated heterocycles. The van der Waals surface area contributed by atoms with Crippen LogP contribution in [-0.4, -0.2) is 24.6 Å². The number of benzene rings is 2. The molecule has 0 spiro atoms. The van der Waals surface area contributed by atoms with Gasteiger partial charge in [-0.2, -0.15) is 0 Å². The molecular weight excluding hydrogens is 376 g/mol. The summed E-state index contributed by atoms with van der Waals surface area (Å²) in [5.41, 5.74) is 1.04. The van der Waals surface area contributed by atoms with Crippen molar-refractivity contribution < 1.29 is 19.1 Å². The third kappa shape index (κ3) is 8.96. The van der Waals surface area contributed by atoms with Crippen LogP contribution < -0.4 is 0 Å². The van der Waals surface area contributed by atoms with Gasteiger partial charge in [-0.15, -0.1) is 0 Å². The number of rotatable bonds is 11. The zero-order chi connectivity index (χ0) is 21.4. The van der Waals surface area contributed by atoms with E-state index in [4.69, 9.17) is 9.47 Å². The Morgan fingerprint density at radius 2 is 1.40 bits per heavy atom. The number of ether oxygens (including phenoxy) is 2. The minimum Gasteiger partial charge on any atom is -0.458 e. The van der Waals surface area contributed by atoms with Gasteiger partial charge in [0.15, 0.2) is 6.61 Å². The Hall–Kier alpha value is -3.06. The van der Waals surface area contributed by atoms with Gasteiger partial charge in [0.1, 0.15) is 6.10 Å². The highest BCUT2D eigenvalue weighted by Crippen LogP contribution is 2.14. The molecule has 30 heavy (non-hydrogen) atoms. The third-order valence-electron chi connectivity index (χ3n) is 4.65. The van der Waals surface area contributed by atoms with Crippen molar-refractivity contribution in [2.75, 3.05) is 6.61 Å².